The molecule has 0 spiro atoms. The molecular weight excluding hydrogens is 257 g/mol. The molecule has 0 aliphatic heterocycles. The fourth-order valence-corrected chi connectivity index (χ4v) is 1.52. The maximum absolute atomic E-state index is 12.0. The molecule has 3 nitrogen and oxygen atoms in total. The molecule has 94 valence electrons. The summed E-state index contributed by atoms with van der Waals surface area (Å²) in [5.41, 5.74) is -4.30. The Hall–Kier alpha value is -1.37. The number of rotatable bonds is 3. The van der Waals surface area contributed by atoms with E-state index in [1.54, 1.807) is 6.92 Å². The summed E-state index contributed by atoms with van der Waals surface area (Å²) >= 11 is -3.47. The van der Waals surface area contributed by atoms with Gasteiger partial charge in [0.25, 0.3) is 0 Å². The highest BCUT2D eigenvalue weighted by molar-refractivity contribution is 7.81. The first-order chi connectivity index (χ1) is 7.71. The maximum atomic E-state index is 12.0. The lowest BCUT2D eigenvalue weighted by Gasteiger charge is -2.10. The van der Waals surface area contributed by atoms with Crippen molar-refractivity contribution in [3.05, 3.63) is 29.3 Å². The van der Waals surface area contributed by atoms with E-state index < -0.39 is 22.4 Å². The van der Waals surface area contributed by atoms with Crippen molar-refractivity contribution in [2.45, 2.75) is 19.4 Å². The van der Waals surface area contributed by atoms with E-state index in [4.69, 9.17) is 0 Å². The molecule has 0 N–H and O–H groups in total. The molecule has 0 saturated carbocycles. The largest absolute Gasteiger partial charge is 0.508 e. The van der Waals surface area contributed by atoms with Gasteiger partial charge in [0, 0.05) is 0 Å². The molecule has 0 radical (unpaired) electrons. The molecule has 0 bridgehead atoms. The molecule has 17 heavy (non-hydrogen) atoms. The Morgan fingerprint density at radius 1 is 1.35 bits per heavy atom. The van der Waals surface area contributed by atoms with Crippen LogP contribution in [0.3, 0.4) is 0 Å². The van der Waals surface area contributed by atoms with Crippen LogP contribution in [-0.4, -0.2) is 15.5 Å². The Bertz CT molecular complexity index is 468. The molecule has 0 heterocycles. The van der Waals surface area contributed by atoms with E-state index in [1.807, 2.05) is 0 Å². The molecule has 1 aromatic rings. The van der Waals surface area contributed by atoms with Gasteiger partial charge in [0.05, 0.1) is 5.56 Å². The first-order valence-corrected chi connectivity index (χ1v) is 5.58. The highest BCUT2D eigenvalue weighted by Gasteiger charge is 2.40. The zero-order valence-corrected chi connectivity index (χ0v) is 9.82. The SMILES string of the molecule is CC(=O)c1cc(C)ccc1OS(=O)C(F)(F)F. The number of carbonyl (C=O) groups excluding carboxylic acids is 1. The fraction of sp³-hybridized carbons (Fsp3) is 0.300. The fourth-order valence-electron chi connectivity index (χ4n) is 1.12. The van der Waals surface area contributed by atoms with Gasteiger partial charge in [0.15, 0.2) is 11.5 Å². The van der Waals surface area contributed by atoms with Crippen LogP contribution in [0, 0.1) is 6.92 Å². The van der Waals surface area contributed by atoms with E-state index in [1.165, 1.54) is 25.1 Å². The summed E-state index contributed by atoms with van der Waals surface area (Å²) < 4.78 is 51.1. The summed E-state index contributed by atoms with van der Waals surface area (Å²) in [7, 11) is 0. The second-order valence-corrected chi connectivity index (χ2v) is 4.42. The van der Waals surface area contributed by atoms with Crippen LogP contribution in [0.4, 0.5) is 13.2 Å². The average Bonchev–Trinajstić information content (AvgIpc) is 2.18. The molecule has 1 atom stereocenters. The molecular formula is C10H9F3O3S. The van der Waals surface area contributed by atoms with E-state index in [2.05, 4.69) is 4.18 Å². The minimum atomic E-state index is -4.97. The highest BCUT2D eigenvalue weighted by Crippen LogP contribution is 2.27. The minimum absolute atomic E-state index is 0.0254. The van der Waals surface area contributed by atoms with Gasteiger partial charge in [-0.2, -0.15) is 13.2 Å². The van der Waals surface area contributed by atoms with Crippen molar-refractivity contribution in [3.63, 3.8) is 0 Å². The first-order valence-electron chi connectivity index (χ1n) is 4.50. The number of halogens is 3. The summed E-state index contributed by atoms with van der Waals surface area (Å²) in [5, 5.41) is 0. The zero-order valence-electron chi connectivity index (χ0n) is 9.00. The third-order valence-corrected chi connectivity index (χ3v) is 2.58. The molecule has 0 aliphatic rings. The van der Waals surface area contributed by atoms with Crippen LogP contribution in [0.15, 0.2) is 18.2 Å². The molecule has 1 unspecified atom stereocenters. The Morgan fingerprint density at radius 3 is 2.41 bits per heavy atom. The van der Waals surface area contributed by atoms with Gasteiger partial charge in [-0.05, 0) is 26.0 Å². The van der Waals surface area contributed by atoms with Gasteiger partial charge in [-0.1, -0.05) is 11.6 Å². The summed E-state index contributed by atoms with van der Waals surface area (Å²) in [6, 6.07) is 4.04. The van der Waals surface area contributed by atoms with Gasteiger partial charge in [-0.15, -0.1) is 0 Å². The lowest BCUT2D eigenvalue weighted by atomic mass is 10.1. The van der Waals surface area contributed by atoms with Crippen molar-refractivity contribution in [1.29, 1.82) is 0 Å². The second kappa shape index (κ2) is 4.87. The first kappa shape index (κ1) is 13.7. The van der Waals surface area contributed by atoms with Crippen LogP contribution in [0.25, 0.3) is 0 Å². The molecule has 0 fully saturated rings. The van der Waals surface area contributed by atoms with Gasteiger partial charge < -0.3 is 4.18 Å². The van der Waals surface area contributed by atoms with Crippen LogP contribution in [-0.2, 0) is 11.1 Å². The van der Waals surface area contributed by atoms with Gasteiger partial charge in [-0.3, -0.25) is 4.79 Å². The molecule has 0 aromatic heterocycles. The summed E-state index contributed by atoms with van der Waals surface area (Å²) in [6.45, 7) is 2.87. The molecule has 7 heteroatoms. The summed E-state index contributed by atoms with van der Waals surface area (Å²) in [4.78, 5) is 11.2. The van der Waals surface area contributed by atoms with Crippen LogP contribution in [0.5, 0.6) is 5.75 Å². The molecule has 0 aliphatic carbocycles. The van der Waals surface area contributed by atoms with Crippen molar-refractivity contribution in [3.8, 4) is 5.75 Å². The van der Waals surface area contributed by atoms with Crippen molar-refractivity contribution in [1.82, 2.24) is 0 Å². The predicted octanol–water partition coefficient (Wildman–Crippen LogP) is 2.76. The van der Waals surface area contributed by atoms with Crippen molar-refractivity contribution >= 4 is 16.9 Å². The Kier molecular flexibility index (Phi) is 3.92. The van der Waals surface area contributed by atoms with Crippen molar-refractivity contribution in [2.75, 3.05) is 0 Å². The van der Waals surface area contributed by atoms with E-state index >= 15 is 0 Å². The van der Waals surface area contributed by atoms with Crippen LogP contribution in [0.1, 0.15) is 22.8 Å². The topological polar surface area (TPSA) is 43.4 Å². The Labute approximate surface area is 98.2 Å². The van der Waals surface area contributed by atoms with E-state index in [0.717, 1.165) is 0 Å². The Balaban J connectivity index is 3.07. The van der Waals surface area contributed by atoms with Crippen molar-refractivity contribution < 1.29 is 26.4 Å². The standard InChI is InChI=1S/C10H9F3O3S/c1-6-3-4-9(8(5-6)7(2)14)16-17(15)10(11,12)13/h3-5H,1-2H3. The third kappa shape index (κ3) is 3.55. The van der Waals surface area contributed by atoms with Gasteiger partial charge in [0.1, 0.15) is 0 Å². The average molecular weight is 266 g/mol. The molecule has 0 amide bonds. The lowest BCUT2D eigenvalue weighted by molar-refractivity contribution is -0.0437. The number of hydrogen-bond donors (Lipinski definition) is 0. The minimum Gasteiger partial charge on any atom is -0.393 e. The maximum Gasteiger partial charge on any atom is 0.508 e. The monoisotopic (exact) mass is 266 g/mol. The predicted molar refractivity (Wildman–Crippen MR) is 56.0 cm³/mol. The number of hydrogen-bond acceptors (Lipinski definition) is 3. The van der Waals surface area contributed by atoms with E-state index in [-0.39, 0.29) is 11.3 Å². The number of ketones is 1. The van der Waals surface area contributed by atoms with Gasteiger partial charge >= 0.3 is 16.6 Å². The number of aryl methyl sites for hydroxylation is 1. The van der Waals surface area contributed by atoms with Crippen LogP contribution < -0.4 is 4.18 Å². The number of Topliss-reactive ketones (excluding diaryl/α,β-unsaturated/α-hetero) is 1. The van der Waals surface area contributed by atoms with Crippen molar-refractivity contribution in [2.24, 2.45) is 0 Å². The smallest absolute Gasteiger partial charge is 0.393 e. The highest BCUT2D eigenvalue weighted by atomic mass is 32.2. The summed E-state index contributed by atoms with van der Waals surface area (Å²) in [5.74, 6) is -0.790. The number of carbonyl (C=O) groups is 1. The number of benzene rings is 1. The van der Waals surface area contributed by atoms with Crippen LogP contribution in [0.2, 0.25) is 0 Å². The molecule has 1 aromatic carbocycles. The summed E-state index contributed by atoms with van der Waals surface area (Å²) in [6.07, 6.45) is 0. The van der Waals surface area contributed by atoms with Gasteiger partial charge in [-0.25, -0.2) is 4.21 Å². The number of alkyl halides is 3. The zero-order chi connectivity index (χ0) is 13.2. The quantitative estimate of drug-likeness (QED) is 0.790. The van der Waals surface area contributed by atoms with E-state index in [9.17, 15) is 22.2 Å². The molecule has 1 rings (SSSR count). The second-order valence-electron chi connectivity index (χ2n) is 3.32. The van der Waals surface area contributed by atoms with Gasteiger partial charge in [0.2, 0.25) is 0 Å². The third-order valence-electron chi connectivity index (χ3n) is 1.87. The molecule has 0 saturated heterocycles. The Morgan fingerprint density at radius 2 is 1.94 bits per heavy atom. The lowest BCUT2D eigenvalue weighted by Crippen LogP contribution is -2.21. The van der Waals surface area contributed by atoms with Crippen LogP contribution >= 0.6 is 0 Å². The van der Waals surface area contributed by atoms with E-state index in [0.29, 0.717) is 5.56 Å². The normalized spacial score (nSPS) is 13.2.